The molecule has 0 saturated carbocycles. The number of hydrogen-bond donors (Lipinski definition) is 1. The lowest BCUT2D eigenvalue weighted by molar-refractivity contribution is -0.131. The van der Waals surface area contributed by atoms with Gasteiger partial charge in [0.1, 0.15) is 0 Å². The van der Waals surface area contributed by atoms with Crippen molar-refractivity contribution in [1.29, 1.82) is 0 Å². The number of sulfonamides is 1. The maximum absolute atomic E-state index is 12.4. The molecule has 1 heterocycles. The highest BCUT2D eigenvalue weighted by atomic mass is 32.2. The summed E-state index contributed by atoms with van der Waals surface area (Å²) in [7, 11) is -4.72. The minimum atomic E-state index is -4.91. The summed E-state index contributed by atoms with van der Waals surface area (Å²) in [5, 5.41) is 9.94. The number of rotatable bonds is 6. The highest BCUT2D eigenvalue weighted by Gasteiger charge is 2.41. The van der Waals surface area contributed by atoms with Crippen LogP contribution in [0.3, 0.4) is 0 Å². The molecule has 1 amide bonds. The fraction of sp³-hybridized carbons (Fsp3) is 0.562. The first-order valence-electron chi connectivity index (χ1n) is 8.11. The molecule has 1 aliphatic rings. The number of benzene rings is 1. The van der Waals surface area contributed by atoms with Gasteiger partial charge >= 0.3 is 6.18 Å². The Labute approximate surface area is 150 Å². The Bertz CT molecular complexity index is 710. The van der Waals surface area contributed by atoms with E-state index in [2.05, 4.69) is 0 Å². The van der Waals surface area contributed by atoms with Gasteiger partial charge in [-0.25, -0.2) is 8.42 Å². The molecule has 0 spiro atoms. The van der Waals surface area contributed by atoms with Crippen molar-refractivity contribution in [3.63, 3.8) is 0 Å². The summed E-state index contributed by atoms with van der Waals surface area (Å²) >= 11 is 0. The Morgan fingerprint density at radius 1 is 1.15 bits per heavy atom. The fourth-order valence-electron chi connectivity index (χ4n) is 2.81. The summed E-state index contributed by atoms with van der Waals surface area (Å²) in [6.07, 6.45) is -4.86. The molecule has 1 saturated heterocycles. The summed E-state index contributed by atoms with van der Waals surface area (Å²) in [4.78, 5) is 13.6. The zero-order valence-electron chi connectivity index (χ0n) is 14.0. The molecule has 1 aliphatic heterocycles. The SMILES string of the molecule is O=C1CN(S(=O)(=O)CC(F)(F)F)CC(O)CN1CCCc1ccccc1. The minimum absolute atomic E-state index is 0.105. The minimum Gasteiger partial charge on any atom is -0.390 e. The smallest absolute Gasteiger partial charge is 0.390 e. The number of β-amino-alcohol motifs (C(OH)–C–C–N with tert-alkyl or cyclic N) is 1. The van der Waals surface area contributed by atoms with Crippen molar-refractivity contribution in [2.75, 3.05) is 31.9 Å². The lowest BCUT2D eigenvalue weighted by atomic mass is 10.1. The molecule has 0 bridgehead atoms. The van der Waals surface area contributed by atoms with Gasteiger partial charge in [-0.2, -0.15) is 17.5 Å². The van der Waals surface area contributed by atoms with E-state index in [0.717, 1.165) is 5.56 Å². The number of aliphatic hydroxyl groups excluding tert-OH is 1. The molecular weight excluding hydrogens is 373 g/mol. The van der Waals surface area contributed by atoms with Crippen molar-refractivity contribution < 1.29 is 31.5 Å². The van der Waals surface area contributed by atoms with Gasteiger partial charge in [-0.15, -0.1) is 0 Å². The Hall–Kier alpha value is -1.65. The van der Waals surface area contributed by atoms with Crippen LogP contribution in [0.5, 0.6) is 0 Å². The van der Waals surface area contributed by atoms with Crippen LogP contribution in [0.15, 0.2) is 30.3 Å². The van der Waals surface area contributed by atoms with Crippen LogP contribution in [-0.4, -0.2) is 72.8 Å². The van der Waals surface area contributed by atoms with E-state index < -0.39 is 47.1 Å². The number of carbonyl (C=O) groups excluding carboxylic acids is 1. The molecule has 6 nitrogen and oxygen atoms in total. The van der Waals surface area contributed by atoms with Crippen LogP contribution >= 0.6 is 0 Å². The summed E-state index contributed by atoms with van der Waals surface area (Å²) in [5.74, 6) is -2.66. The van der Waals surface area contributed by atoms with Crippen molar-refractivity contribution in [1.82, 2.24) is 9.21 Å². The number of halogens is 3. The van der Waals surface area contributed by atoms with Crippen LogP contribution in [0.2, 0.25) is 0 Å². The first-order valence-corrected chi connectivity index (χ1v) is 9.72. The quantitative estimate of drug-likeness (QED) is 0.782. The lowest BCUT2D eigenvalue weighted by Gasteiger charge is -2.22. The first kappa shape index (κ1) is 20.7. The highest BCUT2D eigenvalue weighted by molar-refractivity contribution is 7.89. The second-order valence-electron chi connectivity index (χ2n) is 6.25. The number of aliphatic hydroxyl groups is 1. The van der Waals surface area contributed by atoms with Crippen LogP contribution in [0.4, 0.5) is 13.2 Å². The Morgan fingerprint density at radius 2 is 1.81 bits per heavy atom. The summed E-state index contributed by atoms with van der Waals surface area (Å²) < 4.78 is 61.5. The third kappa shape index (κ3) is 6.26. The normalized spacial score (nSPS) is 20.2. The van der Waals surface area contributed by atoms with Crippen molar-refractivity contribution in [3.05, 3.63) is 35.9 Å². The van der Waals surface area contributed by atoms with Gasteiger partial charge in [0.2, 0.25) is 15.9 Å². The van der Waals surface area contributed by atoms with E-state index in [1.165, 1.54) is 4.90 Å². The van der Waals surface area contributed by atoms with E-state index in [9.17, 15) is 31.5 Å². The maximum atomic E-state index is 12.4. The van der Waals surface area contributed by atoms with E-state index in [1.807, 2.05) is 30.3 Å². The average Bonchev–Trinajstić information content (AvgIpc) is 2.65. The van der Waals surface area contributed by atoms with Gasteiger partial charge in [-0.1, -0.05) is 30.3 Å². The van der Waals surface area contributed by atoms with Crippen LogP contribution < -0.4 is 0 Å². The van der Waals surface area contributed by atoms with Crippen LogP contribution in [0, 0.1) is 0 Å². The van der Waals surface area contributed by atoms with E-state index in [4.69, 9.17) is 0 Å². The van der Waals surface area contributed by atoms with Gasteiger partial charge in [0.05, 0.1) is 12.6 Å². The van der Waals surface area contributed by atoms with Crippen molar-refractivity contribution in [3.8, 4) is 0 Å². The molecule has 2 rings (SSSR count). The molecule has 1 aromatic carbocycles. The molecule has 10 heteroatoms. The molecule has 1 atom stereocenters. The number of aryl methyl sites for hydroxylation is 1. The van der Waals surface area contributed by atoms with Crippen molar-refractivity contribution in [2.24, 2.45) is 0 Å². The van der Waals surface area contributed by atoms with E-state index >= 15 is 0 Å². The molecule has 0 aromatic heterocycles. The van der Waals surface area contributed by atoms with Crippen LogP contribution in [0.1, 0.15) is 12.0 Å². The van der Waals surface area contributed by atoms with Gasteiger partial charge in [-0.3, -0.25) is 4.79 Å². The van der Waals surface area contributed by atoms with Gasteiger partial charge < -0.3 is 10.0 Å². The van der Waals surface area contributed by atoms with Gasteiger partial charge in [0.25, 0.3) is 0 Å². The molecule has 0 aliphatic carbocycles. The number of hydrogen-bond acceptors (Lipinski definition) is 4. The maximum Gasteiger partial charge on any atom is 0.404 e. The predicted octanol–water partition coefficient (Wildman–Crippen LogP) is 1.02. The topological polar surface area (TPSA) is 77.9 Å². The van der Waals surface area contributed by atoms with Crippen LogP contribution in [0.25, 0.3) is 0 Å². The van der Waals surface area contributed by atoms with Gasteiger partial charge in [0.15, 0.2) is 5.75 Å². The predicted molar refractivity (Wildman–Crippen MR) is 88.8 cm³/mol. The molecule has 146 valence electrons. The Balaban J connectivity index is 1.97. The lowest BCUT2D eigenvalue weighted by Crippen LogP contribution is -2.43. The molecule has 1 aromatic rings. The monoisotopic (exact) mass is 394 g/mol. The van der Waals surface area contributed by atoms with E-state index in [0.29, 0.717) is 17.1 Å². The summed E-state index contributed by atoms with van der Waals surface area (Å²) in [5.41, 5.74) is 1.07. The summed E-state index contributed by atoms with van der Waals surface area (Å²) in [6, 6.07) is 9.53. The number of carbonyl (C=O) groups is 1. The third-order valence-electron chi connectivity index (χ3n) is 3.99. The van der Waals surface area contributed by atoms with E-state index in [-0.39, 0.29) is 13.1 Å². The second kappa shape index (κ2) is 8.36. The van der Waals surface area contributed by atoms with E-state index in [1.54, 1.807) is 0 Å². The van der Waals surface area contributed by atoms with Crippen molar-refractivity contribution >= 4 is 15.9 Å². The third-order valence-corrected chi connectivity index (χ3v) is 5.74. The first-order chi connectivity index (χ1) is 12.1. The molecule has 1 N–H and O–H groups in total. The highest BCUT2D eigenvalue weighted by Crippen LogP contribution is 2.21. The molecule has 1 unspecified atom stereocenters. The van der Waals surface area contributed by atoms with Gasteiger partial charge in [0, 0.05) is 19.6 Å². The van der Waals surface area contributed by atoms with Crippen molar-refractivity contribution in [2.45, 2.75) is 25.1 Å². The van der Waals surface area contributed by atoms with Gasteiger partial charge in [-0.05, 0) is 18.4 Å². The second-order valence-corrected chi connectivity index (χ2v) is 8.22. The summed E-state index contributed by atoms with van der Waals surface area (Å²) in [6.45, 7) is -1.04. The zero-order chi connectivity index (χ0) is 19.4. The standard InChI is InChI=1S/C16H21F3N2O4S/c17-16(18,19)12-26(24,25)21-10-14(22)9-20(15(23)11-21)8-4-7-13-5-2-1-3-6-13/h1-3,5-6,14,22H,4,7-12H2. The molecule has 26 heavy (non-hydrogen) atoms. The largest absolute Gasteiger partial charge is 0.404 e. The average molecular weight is 394 g/mol. The number of alkyl halides is 3. The zero-order valence-corrected chi connectivity index (χ0v) is 14.8. The fourth-order valence-corrected chi connectivity index (χ4v) is 4.11. The molecule has 0 radical (unpaired) electrons. The number of nitrogens with zero attached hydrogens (tertiary/aromatic N) is 2. The molecular formula is C16H21F3N2O4S. The Kier molecular flexibility index (Phi) is 6.64. The Morgan fingerprint density at radius 3 is 2.42 bits per heavy atom. The number of amides is 1. The van der Waals surface area contributed by atoms with Crippen LogP contribution in [-0.2, 0) is 21.2 Å². The molecule has 1 fully saturated rings.